The summed E-state index contributed by atoms with van der Waals surface area (Å²) < 4.78 is 6.53. The summed E-state index contributed by atoms with van der Waals surface area (Å²) in [6.07, 6.45) is 4.19. The zero-order valence-electron chi connectivity index (χ0n) is 11.1. The van der Waals surface area contributed by atoms with Crippen molar-refractivity contribution < 1.29 is 4.52 Å². The van der Waals surface area contributed by atoms with Gasteiger partial charge in [0.1, 0.15) is 0 Å². The molecule has 20 heavy (non-hydrogen) atoms. The molecule has 2 aromatic heterocycles. The molecule has 2 N–H and O–H groups in total. The third-order valence-corrected chi connectivity index (χ3v) is 5.58. The molecule has 0 spiro atoms. The standard InChI is InChI=1S/C13H16BrN3OS.ClH/c1-8(9-4-5-10(14)19-9)11-16-12(17-18-11)13(15)6-2-3-7-13;/h4-5,8H,2-3,6-7,15H2,1H3;1H. The lowest BCUT2D eigenvalue weighted by Gasteiger charge is -2.17. The van der Waals surface area contributed by atoms with E-state index in [2.05, 4.69) is 39.1 Å². The molecule has 7 heteroatoms. The van der Waals surface area contributed by atoms with Crippen molar-refractivity contribution in [1.29, 1.82) is 0 Å². The van der Waals surface area contributed by atoms with Crippen LogP contribution in [0.15, 0.2) is 20.4 Å². The summed E-state index contributed by atoms with van der Waals surface area (Å²) in [5.74, 6) is 1.44. The lowest BCUT2D eigenvalue weighted by Crippen LogP contribution is -2.34. The molecular weight excluding hydrogens is 362 g/mol. The van der Waals surface area contributed by atoms with Gasteiger partial charge in [0.15, 0.2) is 5.82 Å². The number of hydrogen-bond donors (Lipinski definition) is 1. The van der Waals surface area contributed by atoms with Gasteiger partial charge in [0.2, 0.25) is 5.89 Å². The Kier molecular flexibility index (Phi) is 4.89. The molecule has 1 atom stereocenters. The molecular formula is C13H17BrClN3OS. The van der Waals surface area contributed by atoms with E-state index in [1.54, 1.807) is 11.3 Å². The molecule has 2 heterocycles. The van der Waals surface area contributed by atoms with E-state index in [0.29, 0.717) is 11.7 Å². The van der Waals surface area contributed by atoms with Crippen molar-refractivity contribution in [1.82, 2.24) is 10.1 Å². The Hall–Kier alpha value is -0.430. The van der Waals surface area contributed by atoms with Gasteiger partial charge in [-0.3, -0.25) is 0 Å². The molecule has 0 bridgehead atoms. The van der Waals surface area contributed by atoms with Gasteiger partial charge < -0.3 is 10.3 Å². The maximum Gasteiger partial charge on any atom is 0.234 e. The van der Waals surface area contributed by atoms with E-state index in [1.165, 1.54) is 4.88 Å². The van der Waals surface area contributed by atoms with Crippen molar-refractivity contribution >= 4 is 39.7 Å². The predicted octanol–water partition coefficient (Wildman–Crippen LogP) is 4.20. The normalized spacial score (nSPS) is 18.8. The molecule has 0 aliphatic heterocycles. The maximum absolute atomic E-state index is 6.35. The highest BCUT2D eigenvalue weighted by Crippen LogP contribution is 2.36. The third kappa shape index (κ3) is 2.93. The van der Waals surface area contributed by atoms with E-state index < -0.39 is 0 Å². The zero-order chi connectivity index (χ0) is 13.5. The van der Waals surface area contributed by atoms with Gasteiger partial charge in [-0.25, -0.2) is 0 Å². The molecule has 1 aliphatic carbocycles. The van der Waals surface area contributed by atoms with Gasteiger partial charge in [0.05, 0.1) is 15.2 Å². The van der Waals surface area contributed by atoms with E-state index in [1.807, 2.05) is 6.07 Å². The first-order chi connectivity index (χ1) is 9.08. The van der Waals surface area contributed by atoms with Gasteiger partial charge in [-0.05, 0) is 47.8 Å². The highest BCUT2D eigenvalue weighted by Gasteiger charge is 2.36. The summed E-state index contributed by atoms with van der Waals surface area (Å²) in [7, 11) is 0. The Balaban J connectivity index is 0.00000147. The first kappa shape index (κ1) is 15.9. The number of rotatable bonds is 3. The number of halogens is 2. The Labute approximate surface area is 136 Å². The third-order valence-electron chi connectivity index (χ3n) is 3.77. The van der Waals surface area contributed by atoms with Gasteiger partial charge >= 0.3 is 0 Å². The molecule has 0 saturated heterocycles. The predicted molar refractivity (Wildman–Crippen MR) is 85.4 cm³/mol. The van der Waals surface area contributed by atoms with E-state index in [-0.39, 0.29) is 23.9 Å². The topological polar surface area (TPSA) is 64.9 Å². The molecule has 110 valence electrons. The quantitative estimate of drug-likeness (QED) is 0.869. The minimum atomic E-state index is -0.377. The van der Waals surface area contributed by atoms with Crippen LogP contribution in [0.4, 0.5) is 0 Å². The highest BCUT2D eigenvalue weighted by molar-refractivity contribution is 9.11. The zero-order valence-corrected chi connectivity index (χ0v) is 14.4. The molecule has 0 amide bonds. The molecule has 0 radical (unpaired) electrons. The van der Waals surface area contributed by atoms with Crippen LogP contribution in [0.1, 0.15) is 55.1 Å². The molecule has 1 saturated carbocycles. The van der Waals surface area contributed by atoms with Crippen LogP contribution in [0.25, 0.3) is 0 Å². The first-order valence-corrected chi connectivity index (χ1v) is 8.08. The summed E-state index contributed by atoms with van der Waals surface area (Å²) in [5, 5.41) is 4.11. The van der Waals surface area contributed by atoms with Crippen LogP contribution in [0.5, 0.6) is 0 Å². The Morgan fingerprint density at radius 1 is 1.40 bits per heavy atom. The van der Waals surface area contributed by atoms with Crippen molar-refractivity contribution in [3.05, 3.63) is 32.5 Å². The molecule has 1 unspecified atom stereocenters. The second-order valence-electron chi connectivity index (χ2n) is 5.18. The van der Waals surface area contributed by atoms with Crippen LogP contribution in [0.3, 0.4) is 0 Å². The first-order valence-electron chi connectivity index (χ1n) is 6.47. The summed E-state index contributed by atoms with van der Waals surface area (Å²) in [6, 6.07) is 4.12. The molecule has 1 aliphatic rings. The van der Waals surface area contributed by atoms with Crippen LogP contribution in [-0.2, 0) is 5.54 Å². The van der Waals surface area contributed by atoms with Crippen molar-refractivity contribution in [3.63, 3.8) is 0 Å². The highest BCUT2D eigenvalue weighted by atomic mass is 79.9. The summed E-state index contributed by atoms with van der Waals surface area (Å²) in [6.45, 7) is 2.08. The Bertz CT molecular complexity index is 580. The second-order valence-corrected chi connectivity index (χ2v) is 7.68. The molecule has 4 nitrogen and oxygen atoms in total. The van der Waals surface area contributed by atoms with Gasteiger partial charge in [0.25, 0.3) is 0 Å². The van der Waals surface area contributed by atoms with E-state index in [0.717, 1.165) is 29.5 Å². The van der Waals surface area contributed by atoms with E-state index in [4.69, 9.17) is 10.3 Å². The van der Waals surface area contributed by atoms with E-state index in [9.17, 15) is 0 Å². The largest absolute Gasteiger partial charge is 0.339 e. The smallest absolute Gasteiger partial charge is 0.234 e. The van der Waals surface area contributed by atoms with Gasteiger partial charge in [-0.1, -0.05) is 18.0 Å². The number of nitrogens with zero attached hydrogens (tertiary/aromatic N) is 2. The van der Waals surface area contributed by atoms with Crippen molar-refractivity contribution in [3.8, 4) is 0 Å². The lowest BCUT2D eigenvalue weighted by atomic mass is 9.98. The average Bonchev–Trinajstić information content (AvgIpc) is 3.08. The molecule has 1 fully saturated rings. The van der Waals surface area contributed by atoms with Crippen LogP contribution >= 0.6 is 39.7 Å². The lowest BCUT2D eigenvalue weighted by molar-refractivity contribution is 0.344. The van der Waals surface area contributed by atoms with E-state index >= 15 is 0 Å². The average molecular weight is 379 g/mol. The van der Waals surface area contributed by atoms with Gasteiger partial charge in [-0.2, -0.15) is 4.98 Å². The summed E-state index contributed by atoms with van der Waals surface area (Å²) in [5.41, 5.74) is 5.97. The fourth-order valence-corrected chi connectivity index (χ4v) is 3.99. The minimum absolute atomic E-state index is 0. The fraction of sp³-hybridized carbons (Fsp3) is 0.538. The maximum atomic E-state index is 6.35. The van der Waals surface area contributed by atoms with Crippen molar-refractivity contribution in [2.75, 3.05) is 0 Å². The molecule has 3 rings (SSSR count). The van der Waals surface area contributed by atoms with Crippen molar-refractivity contribution in [2.45, 2.75) is 44.1 Å². The van der Waals surface area contributed by atoms with Crippen LogP contribution in [0, 0.1) is 0 Å². The SMILES string of the molecule is CC(c1nc(C2(N)CCCC2)no1)c1ccc(Br)s1.Cl. The Morgan fingerprint density at radius 2 is 2.10 bits per heavy atom. The number of nitrogens with two attached hydrogens (primary N) is 1. The van der Waals surface area contributed by atoms with Gasteiger partial charge in [-0.15, -0.1) is 23.7 Å². The monoisotopic (exact) mass is 377 g/mol. The summed E-state index contributed by atoms with van der Waals surface area (Å²) in [4.78, 5) is 5.75. The molecule has 0 aromatic carbocycles. The minimum Gasteiger partial charge on any atom is -0.339 e. The van der Waals surface area contributed by atoms with Crippen molar-refractivity contribution in [2.24, 2.45) is 5.73 Å². The Morgan fingerprint density at radius 3 is 2.70 bits per heavy atom. The fourth-order valence-electron chi connectivity index (χ4n) is 2.53. The van der Waals surface area contributed by atoms with Crippen LogP contribution in [-0.4, -0.2) is 10.1 Å². The van der Waals surface area contributed by atoms with Crippen LogP contribution < -0.4 is 5.73 Å². The number of thiophene rings is 1. The van der Waals surface area contributed by atoms with Gasteiger partial charge in [0, 0.05) is 4.88 Å². The number of hydrogen-bond acceptors (Lipinski definition) is 5. The summed E-state index contributed by atoms with van der Waals surface area (Å²) >= 11 is 5.16. The number of aromatic nitrogens is 2. The second kappa shape index (κ2) is 6.13. The molecule has 2 aromatic rings. The van der Waals surface area contributed by atoms with Crippen LogP contribution in [0.2, 0.25) is 0 Å².